The van der Waals surface area contributed by atoms with E-state index in [1.807, 2.05) is 13.8 Å². The molecular weight excluding hydrogens is 444 g/mol. The van der Waals surface area contributed by atoms with Gasteiger partial charge in [-0.15, -0.1) is 0 Å². The number of likely N-dealkylation sites (tertiary alicyclic amines) is 1. The van der Waals surface area contributed by atoms with Crippen LogP contribution >= 0.6 is 0 Å². The fourth-order valence-electron chi connectivity index (χ4n) is 3.91. The third-order valence-corrected chi connectivity index (χ3v) is 5.69. The first-order valence-electron chi connectivity index (χ1n) is 11.3. The van der Waals surface area contributed by atoms with E-state index in [2.05, 4.69) is 10.6 Å². The molecule has 0 saturated carbocycles. The number of carboxylic acid groups (broad SMARTS) is 1. The average Bonchev–Trinajstić information content (AvgIpc) is 3.27. The molecule has 1 aliphatic rings. The predicted molar refractivity (Wildman–Crippen MR) is 123 cm³/mol. The standard InChI is InChI=1S/C23H34N4O7/c1-13(2)10-17(23(33)34)25-21(31)19-4-3-9-27(19)22(32)18(12-28)26-20(30)16(24)11-14-5-7-15(29)8-6-14/h5-8,13,16-19,28-29H,3-4,9-12,24H2,1-2H3,(H,25,31)(H,26,30)(H,33,34)/t16-,17-,18-,19-/m0/s1. The lowest BCUT2D eigenvalue weighted by atomic mass is 10.0. The first kappa shape index (κ1) is 27.1. The Balaban J connectivity index is 2.01. The van der Waals surface area contributed by atoms with Crippen LogP contribution in [0.2, 0.25) is 0 Å². The van der Waals surface area contributed by atoms with Crippen LogP contribution in [0.4, 0.5) is 0 Å². The Labute approximate surface area is 198 Å². The number of phenols is 1. The van der Waals surface area contributed by atoms with E-state index >= 15 is 0 Å². The number of aromatic hydroxyl groups is 1. The van der Waals surface area contributed by atoms with E-state index in [-0.39, 0.29) is 31.1 Å². The zero-order valence-corrected chi connectivity index (χ0v) is 19.4. The number of hydrogen-bond donors (Lipinski definition) is 6. The minimum atomic E-state index is -1.29. The molecule has 1 heterocycles. The van der Waals surface area contributed by atoms with Gasteiger partial charge in [-0.05, 0) is 49.3 Å². The summed E-state index contributed by atoms with van der Waals surface area (Å²) in [4.78, 5) is 51.1. The SMILES string of the molecule is CC(C)C[C@H](NC(=O)[C@@H]1CCCN1C(=O)[C@H](CO)NC(=O)[C@@H](N)Cc1ccc(O)cc1)C(=O)O. The number of carbonyl (C=O) groups is 4. The maximum absolute atomic E-state index is 13.0. The molecule has 7 N–H and O–H groups in total. The number of nitrogens with zero attached hydrogens (tertiary/aromatic N) is 1. The maximum atomic E-state index is 13.0. The minimum absolute atomic E-state index is 0.0440. The smallest absolute Gasteiger partial charge is 0.326 e. The highest BCUT2D eigenvalue weighted by atomic mass is 16.4. The summed E-state index contributed by atoms with van der Waals surface area (Å²) in [7, 11) is 0. The lowest BCUT2D eigenvalue weighted by Crippen LogP contribution is -2.58. The van der Waals surface area contributed by atoms with Gasteiger partial charge in [0.05, 0.1) is 12.6 Å². The molecule has 0 unspecified atom stereocenters. The van der Waals surface area contributed by atoms with Crippen molar-refractivity contribution in [3.8, 4) is 5.75 Å². The van der Waals surface area contributed by atoms with E-state index in [1.165, 1.54) is 17.0 Å². The van der Waals surface area contributed by atoms with Crippen molar-refractivity contribution >= 4 is 23.7 Å². The van der Waals surface area contributed by atoms with Crippen molar-refractivity contribution in [3.63, 3.8) is 0 Å². The molecule has 0 aliphatic carbocycles. The van der Waals surface area contributed by atoms with Crippen LogP contribution in [0.15, 0.2) is 24.3 Å². The van der Waals surface area contributed by atoms with Gasteiger partial charge >= 0.3 is 5.97 Å². The van der Waals surface area contributed by atoms with Crippen LogP contribution in [0.5, 0.6) is 5.75 Å². The summed E-state index contributed by atoms with van der Waals surface area (Å²) in [5.74, 6) is -2.89. The zero-order chi connectivity index (χ0) is 25.4. The summed E-state index contributed by atoms with van der Waals surface area (Å²) in [5, 5.41) is 33.4. The lowest BCUT2D eigenvalue weighted by molar-refractivity contribution is -0.145. The van der Waals surface area contributed by atoms with E-state index < -0.39 is 54.5 Å². The molecule has 1 aliphatic heterocycles. The number of carbonyl (C=O) groups excluding carboxylic acids is 3. The fourth-order valence-corrected chi connectivity index (χ4v) is 3.91. The predicted octanol–water partition coefficient (Wildman–Crippen LogP) is -0.654. The molecule has 1 saturated heterocycles. The molecule has 2 rings (SSSR count). The van der Waals surface area contributed by atoms with E-state index in [0.717, 1.165) is 0 Å². The molecule has 11 heteroatoms. The second-order valence-electron chi connectivity index (χ2n) is 8.94. The third-order valence-electron chi connectivity index (χ3n) is 5.69. The average molecular weight is 479 g/mol. The van der Waals surface area contributed by atoms with Gasteiger partial charge in [0.1, 0.15) is 23.9 Å². The van der Waals surface area contributed by atoms with Crippen molar-refractivity contribution in [2.45, 2.75) is 63.7 Å². The van der Waals surface area contributed by atoms with Gasteiger partial charge in [-0.3, -0.25) is 14.4 Å². The summed E-state index contributed by atoms with van der Waals surface area (Å²) in [5.41, 5.74) is 6.65. The summed E-state index contributed by atoms with van der Waals surface area (Å²) in [6, 6.07) is 1.91. The number of hydrogen-bond acceptors (Lipinski definition) is 7. The number of benzene rings is 1. The van der Waals surface area contributed by atoms with Crippen LogP contribution in [-0.4, -0.2) is 81.2 Å². The van der Waals surface area contributed by atoms with Gasteiger partial charge in [-0.1, -0.05) is 26.0 Å². The number of aliphatic hydroxyl groups is 1. The van der Waals surface area contributed by atoms with E-state index in [9.17, 15) is 34.5 Å². The van der Waals surface area contributed by atoms with Gasteiger partial charge in [0.25, 0.3) is 0 Å². The first-order valence-corrected chi connectivity index (χ1v) is 11.3. The molecule has 1 aromatic rings. The quantitative estimate of drug-likeness (QED) is 0.242. The van der Waals surface area contributed by atoms with E-state index in [0.29, 0.717) is 18.4 Å². The summed E-state index contributed by atoms with van der Waals surface area (Å²) in [6.45, 7) is 3.24. The molecule has 1 aromatic carbocycles. The molecule has 0 bridgehead atoms. The second-order valence-corrected chi connectivity index (χ2v) is 8.94. The Kier molecular flexibility index (Phi) is 9.82. The molecule has 4 atom stereocenters. The normalized spacial score (nSPS) is 18.3. The first-order chi connectivity index (χ1) is 16.0. The highest BCUT2D eigenvalue weighted by molar-refractivity contribution is 5.94. The topological polar surface area (TPSA) is 182 Å². The molecule has 0 spiro atoms. The van der Waals surface area contributed by atoms with Crippen LogP contribution in [-0.2, 0) is 25.6 Å². The van der Waals surface area contributed by atoms with Crippen molar-refractivity contribution < 1.29 is 34.5 Å². The molecule has 3 amide bonds. The largest absolute Gasteiger partial charge is 0.508 e. The van der Waals surface area contributed by atoms with Crippen molar-refractivity contribution in [1.82, 2.24) is 15.5 Å². The maximum Gasteiger partial charge on any atom is 0.326 e. The Morgan fingerprint density at radius 1 is 1.12 bits per heavy atom. The van der Waals surface area contributed by atoms with Gasteiger partial charge < -0.3 is 36.6 Å². The second kappa shape index (κ2) is 12.3. The van der Waals surface area contributed by atoms with Gasteiger partial charge in [0, 0.05) is 6.54 Å². The van der Waals surface area contributed by atoms with Crippen LogP contribution in [0.25, 0.3) is 0 Å². The Morgan fingerprint density at radius 2 is 1.76 bits per heavy atom. The van der Waals surface area contributed by atoms with Gasteiger partial charge in [0.15, 0.2) is 0 Å². The lowest BCUT2D eigenvalue weighted by Gasteiger charge is -2.29. The summed E-state index contributed by atoms with van der Waals surface area (Å²) < 4.78 is 0. The Morgan fingerprint density at radius 3 is 2.32 bits per heavy atom. The molecule has 11 nitrogen and oxygen atoms in total. The minimum Gasteiger partial charge on any atom is -0.508 e. The van der Waals surface area contributed by atoms with Crippen molar-refractivity contribution in [1.29, 1.82) is 0 Å². The van der Waals surface area contributed by atoms with Crippen LogP contribution in [0.3, 0.4) is 0 Å². The highest BCUT2D eigenvalue weighted by Gasteiger charge is 2.39. The molecule has 1 fully saturated rings. The molecule has 34 heavy (non-hydrogen) atoms. The van der Waals surface area contributed by atoms with Crippen LogP contribution in [0, 0.1) is 5.92 Å². The van der Waals surface area contributed by atoms with Gasteiger partial charge in [-0.2, -0.15) is 0 Å². The number of aliphatic hydroxyl groups excluding tert-OH is 1. The fraction of sp³-hybridized carbons (Fsp3) is 0.565. The molecule has 0 aromatic heterocycles. The Hall–Kier alpha value is -3.18. The number of amides is 3. The number of nitrogens with one attached hydrogen (secondary N) is 2. The van der Waals surface area contributed by atoms with Crippen LogP contribution < -0.4 is 16.4 Å². The van der Waals surface area contributed by atoms with Crippen molar-refractivity contribution in [2.75, 3.05) is 13.2 Å². The zero-order valence-electron chi connectivity index (χ0n) is 19.4. The third kappa shape index (κ3) is 7.42. The Bertz CT molecular complexity index is 875. The molecule has 0 radical (unpaired) electrons. The van der Waals surface area contributed by atoms with Crippen molar-refractivity contribution in [2.24, 2.45) is 11.7 Å². The van der Waals surface area contributed by atoms with E-state index in [4.69, 9.17) is 5.73 Å². The highest BCUT2D eigenvalue weighted by Crippen LogP contribution is 2.19. The van der Waals surface area contributed by atoms with Gasteiger partial charge in [-0.25, -0.2) is 4.79 Å². The van der Waals surface area contributed by atoms with Crippen LogP contribution in [0.1, 0.15) is 38.7 Å². The van der Waals surface area contributed by atoms with E-state index in [1.54, 1.807) is 12.1 Å². The summed E-state index contributed by atoms with van der Waals surface area (Å²) in [6.07, 6.45) is 1.27. The number of rotatable bonds is 11. The summed E-state index contributed by atoms with van der Waals surface area (Å²) >= 11 is 0. The van der Waals surface area contributed by atoms with Crippen molar-refractivity contribution in [3.05, 3.63) is 29.8 Å². The number of aliphatic carboxylic acids is 1. The van der Waals surface area contributed by atoms with Gasteiger partial charge in [0.2, 0.25) is 17.7 Å². The monoisotopic (exact) mass is 478 g/mol. The molecule has 188 valence electrons. The number of carboxylic acids is 1. The number of phenolic OH excluding ortho intramolecular Hbond substituents is 1. The molecular formula is C23H34N4O7. The number of nitrogens with two attached hydrogens (primary N) is 1.